The molecule has 1 saturated heterocycles. The lowest BCUT2D eigenvalue weighted by molar-refractivity contribution is -0.149. The Balaban J connectivity index is 1.36. The van der Waals surface area contributed by atoms with Gasteiger partial charge in [-0.2, -0.15) is 5.09 Å². The average Bonchev–Trinajstić information content (AvgIpc) is 3.42. The van der Waals surface area contributed by atoms with E-state index in [2.05, 4.69) is 32.3 Å². The van der Waals surface area contributed by atoms with Gasteiger partial charge in [-0.05, 0) is 66.5 Å². The molecular weight excluding hydrogens is 582 g/mol. The lowest BCUT2D eigenvalue weighted by atomic mass is 9.98. The molecule has 15 heteroatoms. The zero-order valence-corrected chi connectivity index (χ0v) is 25.9. The fourth-order valence-electron chi connectivity index (χ4n) is 4.74. The van der Waals surface area contributed by atoms with E-state index < -0.39 is 56.6 Å². The van der Waals surface area contributed by atoms with Gasteiger partial charge in [0.05, 0.1) is 19.0 Å². The Morgan fingerprint density at radius 3 is 2.58 bits per heavy atom. The number of imidazole rings is 1. The summed E-state index contributed by atoms with van der Waals surface area (Å²) >= 11 is 0. The number of carbonyl (C=O) groups is 1. The average molecular weight is 621 g/mol. The minimum absolute atomic E-state index is 0.0819. The minimum atomic E-state index is -4.27. The molecule has 1 aromatic carbocycles. The molecule has 3 N–H and O–H groups in total. The summed E-state index contributed by atoms with van der Waals surface area (Å²) in [4.78, 5) is 25.8. The molecule has 0 unspecified atom stereocenters. The molecule has 5 rings (SSSR count). The fraction of sp³-hybridized carbons (Fsp3) is 0.571. The molecule has 234 valence electrons. The number of carbonyl (C=O) groups excluding carboxylic acids is 1. The molecule has 2 aromatic heterocycles. The number of benzene rings is 1. The molecule has 3 aromatic rings. The van der Waals surface area contributed by atoms with E-state index in [1.54, 1.807) is 51.1 Å². The highest BCUT2D eigenvalue weighted by atomic mass is 31.2. The van der Waals surface area contributed by atoms with E-state index in [-0.39, 0.29) is 11.3 Å². The Kier molecular flexibility index (Phi) is 8.53. The maximum absolute atomic E-state index is 16.2. The van der Waals surface area contributed by atoms with Crippen LogP contribution in [0, 0.1) is 6.92 Å². The summed E-state index contributed by atoms with van der Waals surface area (Å²) in [5, 5.41) is 17.0. The fourth-order valence-corrected chi connectivity index (χ4v) is 6.24. The molecule has 1 aliphatic heterocycles. The number of anilines is 1. The summed E-state index contributed by atoms with van der Waals surface area (Å²) in [7, 11) is -4.27. The maximum atomic E-state index is 16.2. The summed E-state index contributed by atoms with van der Waals surface area (Å²) in [6, 6.07) is 7.14. The number of aromatic nitrogens is 4. The second kappa shape index (κ2) is 11.7. The molecule has 0 spiro atoms. The van der Waals surface area contributed by atoms with Crippen LogP contribution in [0.5, 0.6) is 5.75 Å². The van der Waals surface area contributed by atoms with E-state index in [4.69, 9.17) is 18.5 Å². The van der Waals surface area contributed by atoms with Crippen LogP contribution < -0.4 is 14.9 Å². The summed E-state index contributed by atoms with van der Waals surface area (Å²) < 4.78 is 53.9. The van der Waals surface area contributed by atoms with Crippen molar-refractivity contribution in [1.82, 2.24) is 24.6 Å². The maximum Gasteiger partial charge on any atom is 0.459 e. The number of nitrogens with zero attached hydrogens (tertiary/aromatic N) is 4. The first-order valence-electron chi connectivity index (χ1n) is 14.2. The van der Waals surface area contributed by atoms with Gasteiger partial charge < -0.3 is 24.4 Å². The van der Waals surface area contributed by atoms with E-state index in [9.17, 15) is 14.5 Å². The first-order chi connectivity index (χ1) is 20.2. The van der Waals surface area contributed by atoms with Gasteiger partial charge in [-0.1, -0.05) is 18.2 Å². The zero-order valence-electron chi connectivity index (χ0n) is 25.0. The molecular formula is C28H38FN6O7P. The number of fused-ring (bicyclic) bond motifs is 1. The van der Waals surface area contributed by atoms with Gasteiger partial charge in [0.1, 0.15) is 29.8 Å². The van der Waals surface area contributed by atoms with Crippen molar-refractivity contribution in [3.8, 4) is 5.75 Å². The number of aryl methyl sites for hydroxylation is 1. The molecule has 1 aliphatic carbocycles. The molecule has 2 fully saturated rings. The van der Waals surface area contributed by atoms with Crippen molar-refractivity contribution >= 4 is 30.7 Å². The van der Waals surface area contributed by atoms with Crippen molar-refractivity contribution in [2.24, 2.45) is 0 Å². The van der Waals surface area contributed by atoms with Crippen LogP contribution in [0.1, 0.15) is 59.5 Å². The topological polar surface area (TPSA) is 159 Å². The molecule has 6 atom stereocenters. The summed E-state index contributed by atoms with van der Waals surface area (Å²) in [6.07, 6.45) is -1.32. The first-order valence-corrected chi connectivity index (χ1v) is 15.7. The van der Waals surface area contributed by atoms with Crippen molar-refractivity contribution in [3.05, 3.63) is 42.5 Å². The van der Waals surface area contributed by atoms with Crippen LogP contribution in [0.3, 0.4) is 0 Å². The number of rotatable bonds is 12. The Morgan fingerprint density at radius 1 is 1.23 bits per heavy atom. The minimum Gasteiger partial charge on any atom is -0.462 e. The number of hydrogen-bond donors (Lipinski definition) is 3. The molecule has 2 aliphatic rings. The molecule has 3 heterocycles. The smallest absolute Gasteiger partial charge is 0.459 e. The van der Waals surface area contributed by atoms with E-state index in [0.717, 1.165) is 12.8 Å². The molecule has 0 amide bonds. The molecule has 0 bridgehead atoms. The number of aliphatic hydroxyl groups excluding tert-OH is 1. The Bertz CT molecular complexity index is 1520. The van der Waals surface area contributed by atoms with E-state index in [1.807, 2.05) is 0 Å². The lowest BCUT2D eigenvalue weighted by Crippen LogP contribution is -2.41. The van der Waals surface area contributed by atoms with Gasteiger partial charge in [0.15, 0.2) is 28.9 Å². The Hall–Kier alpha value is -3.16. The van der Waals surface area contributed by atoms with Crippen LogP contribution >= 0.6 is 7.75 Å². The monoisotopic (exact) mass is 620 g/mol. The second-order valence-corrected chi connectivity index (χ2v) is 13.5. The Morgan fingerprint density at radius 2 is 1.93 bits per heavy atom. The molecule has 13 nitrogen and oxygen atoms in total. The van der Waals surface area contributed by atoms with Crippen molar-refractivity contribution in [3.63, 3.8) is 0 Å². The van der Waals surface area contributed by atoms with E-state index in [0.29, 0.717) is 22.8 Å². The summed E-state index contributed by atoms with van der Waals surface area (Å²) in [6.45, 7) is 9.29. The van der Waals surface area contributed by atoms with Gasteiger partial charge >= 0.3 is 13.7 Å². The standard InChI is InChI=1S/C28H38FN6O7P/c1-16(2)40-25(37)17(3)34-43(38,42-19-10-8-7-9-11-19)39-14-20-22(36)28(6,29)26(41-20)35-15-30-21-23(33-27(5)12-13-27)31-18(4)32-24(21)35/h7-11,15-17,20,22,26,36H,12-14H2,1-6H3,(H,34,38)(H,31,32,33)/t17-,20+,22+,26+,28+,43-/m0/s1. The highest BCUT2D eigenvalue weighted by Crippen LogP contribution is 2.48. The quantitative estimate of drug-likeness (QED) is 0.196. The van der Waals surface area contributed by atoms with Crippen LogP contribution in [0.15, 0.2) is 36.7 Å². The summed E-state index contributed by atoms with van der Waals surface area (Å²) in [5.74, 6) is 0.525. The van der Waals surface area contributed by atoms with E-state index in [1.165, 1.54) is 24.7 Å². The number of para-hydroxylation sites is 1. The number of ether oxygens (including phenoxy) is 2. The van der Waals surface area contributed by atoms with Gasteiger partial charge in [-0.25, -0.2) is 23.9 Å². The van der Waals surface area contributed by atoms with Crippen LogP contribution in [0.2, 0.25) is 0 Å². The molecule has 1 saturated carbocycles. The number of aliphatic hydroxyl groups is 1. The predicted molar refractivity (Wildman–Crippen MR) is 155 cm³/mol. The normalized spacial score (nSPS) is 26.7. The SMILES string of the molecule is Cc1nc(NC2(C)CC2)c2ncn([C@@H]3O[C@H](CO[P@@](=O)(N[C@@H](C)C(=O)OC(C)C)Oc4ccccc4)[C@@H](O)[C@@]3(C)F)c2n1. The van der Waals surface area contributed by atoms with E-state index >= 15 is 4.39 Å². The van der Waals surface area contributed by atoms with Gasteiger partial charge in [-0.3, -0.25) is 13.9 Å². The number of alkyl halides is 1. The van der Waals surface area contributed by atoms with Gasteiger partial charge in [0.2, 0.25) is 0 Å². The third-order valence-corrected chi connectivity index (χ3v) is 9.00. The van der Waals surface area contributed by atoms with Crippen LogP contribution in [0.4, 0.5) is 10.2 Å². The van der Waals surface area contributed by atoms with Crippen LogP contribution in [-0.2, 0) is 23.4 Å². The number of nitrogens with one attached hydrogen (secondary N) is 2. The zero-order chi connectivity index (χ0) is 31.2. The highest BCUT2D eigenvalue weighted by molar-refractivity contribution is 7.52. The van der Waals surface area contributed by atoms with Crippen molar-refractivity contribution in [2.45, 2.75) is 96.2 Å². The predicted octanol–water partition coefficient (Wildman–Crippen LogP) is 4.22. The van der Waals surface area contributed by atoms with Crippen LogP contribution in [-0.4, -0.2) is 72.8 Å². The van der Waals surface area contributed by atoms with Crippen molar-refractivity contribution in [1.29, 1.82) is 0 Å². The van der Waals surface area contributed by atoms with Crippen LogP contribution in [0.25, 0.3) is 11.2 Å². The second-order valence-electron chi connectivity index (χ2n) is 11.8. The van der Waals surface area contributed by atoms with Gasteiger partial charge in [-0.15, -0.1) is 0 Å². The van der Waals surface area contributed by atoms with Crippen molar-refractivity contribution in [2.75, 3.05) is 11.9 Å². The third-order valence-electron chi connectivity index (χ3n) is 7.36. The third kappa shape index (κ3) is 6.83. The number of esters is 1. The Labute approximate surface area is 249 Å². The number of halogens is 1. The summed E-state index contributed by atoms with van der Waals surface area (Å²) in [5.41, 5.74) is -1.62. The molecule has 0 radical (unpaired) electrons. The molecule has 43 heavy (non-hydrogen) atoms. The highest BCUT2D eigenvalue weighted by Gasteiger charge is 2.56. The van der Waals surface area contributed by atoms with Gasteiger partial charge in [0.25, 0.3) is 0 Å². The number of hydrogen-bond acceptors (Lipinski definition) is 11. The van der Waals surface area contributed by atoms with Crippen molar-refractivity contribution < 1.29 is 37.4 Å². The lowest BCUT2D eigenvalue weighted by Gasteiger charge is -2.25. The largest absolute Gasteiger partial charge is 0.462 e. The van der Waals surface area contributed by atoms with Gasteiger partial charge in [0, 0.05) is 5.54 Å². The first kappa shape index (κ1) is 31.3.